The number of carbonyl (C=O) groups excluding carboxylic acids is 2. The number of thioether (sulfide) groups is 2. The lowest BCUT2D eigenvalue weighted by Gasteiger charge is -2.49. The van der Waals surface area contributed by atoms with E-state index in [2.05, 4.69) is 41.0 Å². The van der Waals surface area contributed by atoms with Gasteiger partial charge < -0.3 is 20.4 Å². The molecule has 2 atom stereocenters. The standard InChI is InChI=1S/C17H17N9O7S2/c1-25-17(21-23-24-25)35-6-7-5-34-15-11(14(30)26(15)12(7)16(31)32)19-13(29)10(8-2-3-18-20-8)22-33-4-9(27)28/h2-3,11,15H,4-6H2,1H3,(H,18,20)(H,19,29)(H,27,28)(H,31,32)/b22-10+. The van der Waals surface area contributed by atoms with E-state index in [1.165, 1.54) is 40.5 Å². The molecule has 1 saturated heterocycles. The molecule has 0 aliphatic carbocycles. The average Bonchev–Trinajstić information content (AvgIpc) is 3.49. The number of carboxylic acid groups (broad SMARTS) is 2. The number of β-lactam (4-membered cyclic amide) rings is 1. The lowest BCUT2D eigenvalue weighted by molar-refractivity contribution is -0.150. The Labute approximate surface area is 204 Å². The number of aromatic nitrogens is 6. The number of aliphatic carboxylic acids is 2. The number of aromatic amines is 1. The fourth-order valence-corrected chi connectivity index (χ4v) is 5.59. The molecule has 2 aromatic rings. The number of hydrogen-bond donors (Lipinski definition) is 4. The van der Waals surface area contributed by atoms with Crippen molar-refractivity contribution in [2.24, 2.45) is 12.2 Å². The van der Waals surface area contributed by atoms with Crippen LogP contribution in [0, 0.1) is 0 Å². The zero-order valence-electron chi connectivity index (χ0n) is 17.8. The summed E-state index contributed by atoms with van der Waals surface area (Å²) >= 11 is 2.53. The predicted molar refractivity (Wildman–Crippen MR) is 118 cm³/mol. The number of hydrogen-bond acceptors (Lipinski definition) is 12. The molecular formula is C17H17N9O7S2. The minimum Gasteiger partial charge on any atom is -0.479 e. The molecule has 0 spiro atoms. The molecule has 18 heteroatoms. The fraction of sp³-hybridized carbons (Fsp3) is 0.353. The van der Waals surface area contributed by atoms with Gasteiger partial charge in [0.2, 0.25) is 11.8 Å². The Kier molecular flexibility index (Phi) is 7.01. The van der Waals surface area contributed by atoms with Gasteiger partial charge in [-0.3, -0.25) is 19.6 Å². The van der Waals surface area contributed by atoms with Gasteiger partial charge in [0.15, 0.2) is 5.71 Å². The van der Waals surface area contributed by atoms with Crippen LogP contribution in [0.4, 0.5) is 0 Å². The summed E-state index contributed by atoms with van der Waals surface area (Å²) in [7, 11) is 1.65. The number of nitrogens with one attached hydrogen (secondary N) is 2. The zero-order valence-corrected chi connectivity index (χ0v) is 19.4. The van der Waals surface area contributed by atoms with Gasteiger partial charge in [0.1, 0.15) is 17.1 Å². The summed E-state index contributed by atoms with van der Waals surface area (Å²) in [4.78, 5) is 54.2. The van der Waals surface area contributed by atoms with E-state index in [-0.39, 0.29) is 22.9 Å². The molecular weight excluding hydrogens is 506 g/mol. The lowest BCUT2D eigenvalue weighted by atomic mass is 10.0. The third-order valence-electron chi connectivity index (χ3n) is 4.81. The number of carbonyl (C=O) groups is 4. The Balaban J connectivity index is 1.48. The van der Waals surface area contributed by atoms with Crippen LogP contribution in [0.15, 0.2) is 33.8 Å². The van der Waals surface area contributed by atoms with Gasteiger partial charge in [0.05, 0.1) is 5.69 Å². The first kappa shape index (κ1) is 24.2. The largest absolute Gasteiger partial charge is 0.479 e. The summed E-state index contributed by atoms with van der Waals surface area (Å²) < 4.78 is 1.45. The molecule has 2 aliphatic heterocycles. The molecule has 184 valence electrons. The molecule has 35 heavy (non-hydrogen) atoms. The summed E-state index contributed by atoms with van der Waals surface area (Å²) in [5.41, 5.74) is 0.196. The topological polar surface area (TPSA) is 218 Å². The molecule has 1 fully saturated rings. The van der Waals surface area contributed by atoms with Crippen LogP contribution in [0.2, 0.25) is 0 Å². The number of tetrazole rings is 1. The van der Waals surface area contributed by atoms with Crippen molar-refractivity contribution >= 4 is 53.0 Å². The number of amides is 2. The number of fused-ring (bicyclic) bond motifs is 1. The number of aryl methyl sites for hydroxylation is 1. The first-order valence-electron chi connectivity index (χ1n) is 9.75. The molecule has 4 heterocycles. The summed E-state index contributed by atoms with van der Waals surface area (Å²) in [6.07, 6.45) is 1.35. The average molecular weight is 524 g/mol. The highest BCUT2D eigenvalue weighted by molar-refractivity contribution is 8.01. The summed E-state index contributed by atoms with van der Waals surface area (Å²) in [5.74, 6) is -3.42. The van der Waals surface area contributed by atoms with Gasteiger partial charge >= 0.3 is 11.9 Å². The summed E-state index contributed by atoms with van der Waals surface area (Å²) in [6.45, 7) is -0.780. The third-order valence-corrected chi connectivity index (χ3v) is 7.24. The third kappa shape index (κ3) is 4.97. The minimum absolute atomic E-state index is 0.136. The van der Waals surface area contributed by atoms with Crippen molar-refractivity contribution in [3.63, 3.8) is 0 Å². The molecule has 4 N–H and O–H groups in total. The molecule has 4 rings (SSSR count). The molecule has 16 nitrogen and oxygen atoms in total. The van der Waals surface area contributed by atoms with Gasteiger partial charge in [-0.15, -0.1) is 16.9 Å². The molecule has 0 radical (unpaired) electrons. The Morgan fingerprint density at radius 3 is 2.83 bits per heavy atom. The SMILES string of the molecule is Cn1nnnc1SCC1=C(C(=O)O)N2C(=O)C(NC(=O)/C(=N/OCC(=O)O)c3ccn[nH]3)C2SC1. The highest BCUT2D eigenvalue weighted by atomic mass is 32.2. The Morgan fingerprint density at radius 1 is 1.40 bits per heavy atom. The van der Waals surface area contributed by atoms with Crippen LogP contribution in [0.1, 0.15) is 5.69 Å². The first-order valence-corrected chi connectivity index (χ1v) is 11.8. The van der Waals surface area contributed by atoms with E-state index >= 15 is 0 Å². The monoisotopic (exact) mass is 523 g/mol. The molecule has 0 aromatic carbocycles. The molecule has 2 aliphatic rings. The van der Waals surface area contributed by atoms with Crippen LogP contribution < -0.4 is 5.32 Å². The van der Waals surface area contributed by atoms with E-state index in [9.17, 15) is 24.3 Å². The van der Waals surface area contributed by atoms with Crippen molar-refractivity contribution in [1.82, 2.24) is 40.6 Å². The van der Waals surface area contributed by atoms with Crippen molar-refractivity contribution in [3.05, 3.63) is 29.2 Å². The molecule has 2 aromatic heterocycles. The summed E-state index contributed by atoms with van der Waals surface area (Å²) in [5, 5.41) is 41.8. The quantitative estimate of drug-likeness (QED) is 0.118. The van der Waals surface area contributed by atoms with Gasteiger partial charge in [0, 0.05) is 24.8 Å². The number of oxime groups is 1. The second-order valence-electron chi connectivity index (χ2n) is 7.07. The van der Waals surface area contributed by atoms with Crippen molar-refractivity contribution < 1.29 is 34.2 Å². The van der Waals surface area contributed by atoms with Crippen LogP contribution in [0.25, 0.3) is 0 Å². The lowest BCUT2D eigenvalue weighted by Crippen LogP contribution is -2.71. The van der Waals surface area contributed by atoms with E-state index in [4.69, 9.17) is 5.11 Å². The first-order chi connectivity index (χ1) is 16.8. The molecule has 0 saturated carbocycles. The van der Waals surface area contributed by atoms with Crippen LogP contribution in [0.3, 0.4) is 0 Å². The minimum atomic E-state index is -1.29. The predicted octanol–water partition coefficient (Wildman–Crippen LogP) is -1.73. The maximum Gasteiger partial charge on any atom is 0.352 e. The Bertz CT molecular complexity index is 1230. The number of H-pyrrole nitrogens is 1. The van der Waals surface area contributed by atoms with Gasteiger partial charge in [-0.1, -0.05) is 16.9 Å². The van der Waals surface area contributed by atoms with E-state index in [0.717, 1.165) is 4.90 Å². The van der Waals surface area contributed by atoms with E-state index in [1.807, 2.05) is 0 Å². The van der Waals surface area contributed by atoms with E-state index in [1.54, 1.807) is 7.05 Å². The number of rotatable bonds is 10. The highest BCUT2D eigenvalue weighted by Crippen LogP contribution is 2.41. The van der Waals surface area contributed by atoms with Crippen molar-refractivity contribution in [1.29, 1.82) is 0 Å². The van der Waals surface area contributed by atoms with Crippen LogP contribution in [-0.4, -0.2) is 105 Å². The number of nitrogens with zero attached hydrogens (tertiary/aromatic N) is 7. The fourth-order valence-electron chi connectivity index (χ4n) is 3.25. The summed E-state index contributed by atoms with van der Waals surface area (Å²) in [6, 6.07) is 0.390. The molecule has 2 amide bonds. The van der Waals surface area contributed by atoms with E-state index < -0.39 is 41.8 Å². The van der Waals surface area contributed by atoms with Crippen LogP contribution in [0.5, 0.6) is 0 Å². The van der Waals surface area contributed by atoms with Gasteiger partial charge in [-0.05, 0) is 22.1 Å². The van der Waals surface area contributed by atoms with Gasteiger partial charge in [0.25, 0.3) is 11.8 Å². The molecule has 0 bridgehead atoms. The van der Waals surface area contributed by atoms with Crippen molar-refractivity contribution in [2.75, 3.05) is 18.1 Å². The van der Waals surface area contributed by atoms with Crippen LogP contribution >= 0.6 is 23.5 Å². The number of carboxylic acids is 2. The smallest absolute Gasteiger partial charge is 0.352 e. The second kappa shape index (κ2) is 10.1. The normalized spacial score (nSPS) is 19.7. The Morgan fingerprint density at radius 2 is 2.20 bits per heavy atom. The van der Waals surface area contributed by atoms with Gasteiger partial charge in [-0.25, -0.2) is 14.3 Å². The second-order valence-corrected chi connectivity index (χ2v) is 9.12. The molecule has 2 unspecified atom stereocenters. The maximum atomic E-state index is 12.9. The maximum absolute atomic E-state index is 12.9. The highest BCUT2D eigenvalue weighted by Gasteiger charge is 2.54. The van der Waals surface area contributed by atoms with Crippen LogP contribution in [-0.2, 0) is 31.1 Å². The van der Waals surface area contributed by atoms with Gasteiger partial charge in [-0.2, -0.15) is 5.10 Å². The van der Waals surface area contributed by atoms with Crippen molar-refractivity contribution in [3.8, 4) is 0 Å². The van der Waals surface area contributed by atoms with Crippen molar-refractivity contribution in [2.45, 2.75) is 16.6 Å². The zero-order chi connectivity index (χ0) is 25.1. The van der Waals surface area contributed by atoms with E-state index in [0.29, 0.717) is 16.5 Å². The Hall–Kier alpha value is -3.93.